The molecule has 0 aliphatic rings. The van der Waals surface area contributed by atoms with Gasteiger partial charge in [0.25, 0.3) is 0 Å². The molecule has 0 atom stereocenters. The molecule has 0 radical (unpaired) electrons. The molecule has 7 heteroatoms. The summed E-state index contributed by atoms with van der Waals surface area (Å²) in [5.74, 6) is 0.519. The van der Waals surface area contributed by atoms with Gasteiger partial charge in [-0.05, 0) is 12.1 Å². The lowest BCUT2D eigenvalue weighted by molar-refractivity contribution is -0.115. The van der Waals surface area contributed by atoms with E-state index in [1.165, 1.54) is 11.8 Å². The third-order valence-corrected chi connectivity index (χ3v) is 2.70. The lowest BCUT2D eigenvalue weighted by Crippen LogP contribution is -2.13. The van der Waals surface area contributed by atoms with Crippen LogP contribution in [0.25, 0.3) is 5.82 Å². The minimum absolute atomic E-state index is 0.207. The number of aromatic nitrogens is 4. The van der Waals surface area contributed by atoms with Crippen molar-refractivity contribution in [2.75, 3.05) is 5.75 Å². The Labute approximate surface area is 95.9 Å². The largest absolute Gasteiger partial charge is 0.369 e. The van der Waals surface area contributed by atoms with E-state index in [1.807, 2.05) is 0 Å². The van der Waals surface area contributed by atoms with Crippen LogP contribution in [-0.4, -0.2) is 31.4 Å². The monoisotopic (exact) mass is 235 g/mol. The molecule has 0 fully saturated rings. The number of carbonyl (C=O) groups excluding carboxylic acids is 1. The summed E-state index contributed by atoms with van der Waals surface area (Å²) in [6, 6.07) is 3.59. The zero-order chi connectivity index (χ0) is 11.4. The molecule has 2 aromatic rings. The fourth-order valence-electron chi connectivity index (χ4n) is 1.07. The Bertz CT molecular complexity index is 467. The molecule has 82 valence electrons. The molecule has 16 heavy (non-hydrogen) atoms. The van der Waals surface area contributed by atoms with E-state index in [1.54, 1.807) is 35.4 Å². The molecular weight excluding hydrogens is 226 g/mol. The predicted octanol–water partition coefficient (Wildman–Crippen LogP) is 0.240. The van der Waals surface area contributed by atoms with Crippen molar-refractivity contribution in [3.63, 3.8) is 0 Å². The molecule has 0 aliphatic carbocycles. The van der Waals surface area contributed by atoms with Gasteiger partial charge >= 0.3 is 0 Å². The van der Waals surface area contributed by atoms with Crippen LogP contribution in [0.1, 0.15) is 0 Å². The highest BCUT2D eigenvalue weighted by atomic mass is 32.2. The number of rotatable bonds is 4. The van der Waals surface area contributed by atoms with Gasteiger partial charge in [-0.1, -0.05) is 11.8 Å². The van der Waals surface area contributed by atoms with Gasteiger partial charge in [0.05, 0.1) is 5.75 Å². The van der Waals surface area contributed by atoms with Crippen LogP contribution in [0.5, 0.6) is 0 Å². The Balaban J connectivity index is 2.08. The van der Waals surface area contributed by atoms with Crippen LogP contribution in [0, 0.1) is 0 Å². The van der Waals surface area contributed by atoms with Gasteiger partial charge in [-0.25, -0.2) is 4.98 Å². The molecule has 0 unspecified atom stereocenters. The van der Waals surface area contributed by atoms with Crippen molar-refractivity contribution in [2.45, 2.75) is 5.03 Å². The van der Waals surface area contributed by atoms with Gasteiger partial charge < -0.3 is 5.73 Å². The number of imidazole rings is 1. The van der Waals surface area contributed by atoms with Gasteiger partial charge in [0.15, 0.2) is 5.82 Å². The summed E-state index contributed by atoms with van der Waals surface area (Å²) in [5.41, 5.74) is 5.03. The van der Waals surface area contributed by atoms with E-state index in [4.69, 9.17) is 5.73 Å². The molecule has 0 saturated carbocycles. The number of primary amides is 1. The normalized spacial score (nSPS) is 10.2. The van der Waals surface area contributed by atoms with E-state index in [0.29, 0.717) is 10.8 Å². The van der Waals surface area contributed by atoms with Gasteiger partial charge in [-0.15, -0.1) is 10.2 Å². The first kappa shape index (κ1) is 10.6. The summed E-state index contributed by atoms with van der Waals surface area (Å²) in [5, 5.41) is 8.63. The predicted molar refractivity (Wildman–Crippen MR) is 59.1 cm³/mol. The van der Waals surface area contributed by atoms with Crippen LogP contribution in [0.4, 0.5) is 0 Å². The fourth-order valence-corrected chi connectivity index (χ4v) is 1.62. The second-order valence-electron chi connectivity index (χ2n) is 2.95. The lowest BCUT2D eigenvalue weighted by Gasteiger charge is -2.00. The summed E-state index contributed by atoms with van der Waals surface area (Å²) in [7, 11) is 0. The third kappa shape index (κ3) is 2.57. The Morgan fingerprint density at radius 2 is 2.31 bits per heavy atom. The maximum absolute atomic E-state index is 10.6. The van der Waals surface area contributed by atoms with Gasteiger partial charge in [0, 0.05) is 12.4 Å². The Morgan fingerprint density at radius 3 is 2.88 bits per heavy atom. The number of nitrogens with two attached hydrogens (primary N) is 1. The second-order valence-corrected chi connectivity index (χ2v) is 3.95. The standard InChI is InChI=1S/C9H9N5OS/c10-7(15)5-16-9-2-1-8(12-13-9)14-4-3-11-6-14/h1-4,6H,5H2,(H2,10,15). The molecule has 2 rings (SSSR count). The Morgan fingerprint density at radius 1 is 1.44 bits per heavy atom. The minimum Gasteiger partial charge on any atom is -0.369 e. The van der Waals surface area contributed by atoms with Crippen LogP contribution >= 0.6 is 11.8 Å². The molecular formula is C9H9N5OS. The fraction of sp³-hybridized carbons (Fsp3) is 0.111. The number of hydrogen-bond acceptors (Lipinski definition) is 5. The van der Waals surface area contributed by atoms with Crippen LogP contribution in [0.2, 0.25) is 0 Å². The molecule has 2 heterocycles. The number of amides is 1. The number of thioether (sulfide) groups is 1. The van der Waals surface area contributed by atoms with E-state index in [0.717, 1.165) is 0 Å². The van der Waals surface area contributed by atoms with Gasteiger partial charge in [0.2, 0.25) is 5.91 Å². The zero-order valence-electron chi connectivity index (χ0n) is 8.28. The van der Waals surface area contributed by atoms with Crippen LogP contribution < -0.4 is 5.73 Å². The molecule has 1 amide bonds. The van der Waals surface area contributed by atoms with Crippen molar-refractivity contribution in [3.8, 4) is 5.82 Å². The number of hydrogen-bond donors (Lipinski definition) is 1. The summed E-state index contributed by atoms with van der Waals surface area (Å²) in [4.78, 5) is 14.5. The van der Waals surface area contributed by atoms with E-state index in [-0.39, 0.29) is 11.7 Å². The van der Waals surface area contributed by atoms with E-state index in [2.05, 4.69) is 15.2 Å². The second kappa shape index (κ2) is 4.75. The molecule has 0 saturated heterocycles. The molecule has 0 bridgehead atoms. The van der Waals surface area contributed by atoms with E-state index < -0.39 is 0 Å². The zero-order valence-corrected chi connectivity index (χ0v) is 9.09. The average molecular weight is 235 g/mol. The highest BCUT2D eigenvalue weighted by Crippen LogP contribution is 2.14. The summed E-state index contributed by atoms with van der Waals surface area (Å²) >= 11 is 1.26. The molecule has 6 nitrogen and oxygen atoms in total. The van der Waals surface area contributed by atoms with Gasteiger partial charge in [-0.3, -0.25) is 9.36 Å². The van der Waals surface area contributed by atoms with Crippen molar-refractivity contribution in [1.82, 2.24) is 19.7 Å². The summed E-state index contributed by atoms with van der Waals surface area (Å²) in [6.45, 7) is 0. The Kier molecular flexibility index (Phi) is 3.16. The number of carbonyl (C=O) groups is 1. The highest BCUT2D eigenvalue weighted by molar-refractivity contribution is 7.99. The topological polar surface area (TPSA) is 86.7 Å². The summed E-state index contributed by atoms with van der Waals surface area (Å²) in [6.07, 6.45) is 5.08. The van der Waals surface area contributed by atoms with Crippen molar-refractivity contribution in [3.05, 3.63) is 30.9 Å². The first-order valence-corrected chi connectivity index (χ1v) is 5.47. The van der Waals surface area contributed by atoms with Gasteiger partial charge in [-0.2, -0.15) is 0 Å². The van der Waals surface area contributed by atoms with Crippen LogP contribution in [-0.2, 0) is 4.79 Å². The molecule has 0 aliphatic heterocycles. The van der Waals surface area contributed by atoms with Crippen molar-refractivity contribution in [1.29, 1.82) is 0 Å². The molecule has 0 aromatic carbocycles. The SMILES string of the molecule is NC(=O)CSc1ccc(-n2ccnc2)nn1. The Hall–Kier alpha value is -1.89. The minimum atomic E-state index is -0.370. The maximum Gasteiger partial charge on any atom is 0.227 e. The first-order chi connectivity index (χ1) is 7.75. The van der Waals surface area contributed by atoms with Crippen molar-refractivity contribution >= 4 is 17.7 Å². The van der Waals surface area contributed by atoms with E-state index in [9.17, 15) is 4.79 Å². The first-order valence-electron chi connectivity index (χ1n) is 4.49. The van der Waals surface area contributed by atoms with Crippen LogP contribution in [0.3, 0.4) is 0 Å². The average Bonchev–Trinajstić information content (AvgIpc) is 2.80. The van der Waals surface area contributed by atoms with Crippen LogP contribution in [0.15, 0.2) is 35.9 Å². The van der Waals surface area contributed by atoms with Gasteiger partial charge in [0.1, 0.15) is 11.4 Å². The molecule has 2 N–H and O–H groups in total. The van der Waals surface area contributed by atoms with E-state index >= 15 is 0 Å². The quantitative estimate of drug-likeness (QED) is 0.767. The smallest absolute Gasteiger partial charge is 0.227 e. The molecule has 2 aromatic heterocycles. The lowest BCUT2D eigenvalue weighted by atomic mass is 10.5. The van der Waals surface area contributed by atoms with Crippen molar-refractivity contribution in [2.24, 2.45) is 5.73 Å². The van der Waals surface area contributed by atoms with Crippen molar-refractivity contribution < 1.29 is 4.79 Å². The molecule has 0 spiro atoms. The maximum atomic E-state index is 10.6. The third-order valence-electron chi connectivity index (χ3n) is 1.76. The summed E-state index contributed by atoms with van der Waals surface area (Å²) < 4.78 is 1.75. The number of nitrogens with zero attached hydrogens (tertiary/aromatic N) is 4. The highest BCUT2D eigenvalue weighted by Gasteiger charge is 2.02.